The van der Waals surface area contributed by atoms with E-state index in [2.05, 4.69) is 50.8 Å². The molecule has 2 heterocycles. The van der Waals surface area contributed by atoms with Gasteiger partial charge >= 0.3 is 0 Å². The van der Waals surface area contributed by atoms with Crippen molar-refractivity contribution in [2.45, 2.75) is 0 Å². The highest BCUT2D eigenvalue weighted by molar-refractivity contribution is 9.11. The molecule has 0 amide bonds. The molecule has 0 fully saturated rings. The summed E-state index contributed by atoms with van der Waals surface area (Å²) in [7, 11) is 0. The molecule has 0 saturated heterocycles. The third-order valence-electron chi connectivity index (χ3n) is 1.10. The van der Waals surface area contributed by atoms with Gasteiger partial charge in [-0.25, -0.2) is 0 Å². The number of nitrogens with zero attached hydrogens (tertiary/aromatic N) is 4. The predicted octanol–water partition coefficient (Wildman–Crippen LogP) is 2.01. The minimum Gasteiger partial charge on any atom is -0.170 e. The Bertz CT molecular complexity index is 364. The van der Waals surface area contributed by atoms with Gasteiger partial charge in [0.2, 0.25) is 0 Å². The van der Waals surface area contributed by atoms with E-state index in [1.54, 1.807) is 0 Å². The van der Waals surface area contributed by atoms with Crippen LogP contribution in [-0.4, -0.2) is 18.9 Å². The minimum atomic E-state index is 0.629. The number of rotatable bonds is 0. The van der Waals surface area contributed by atoms with Crippen molar-refractivity contribution in [1.29, 1.82) is 0 Å². The van der Waals surface area contributed by atoms with Crippen molar-refractivity contribution in [3.8, 4) is 0 Å². The molecule has 0 saturated carbocycles. The van der Waals surface area contributed by atoms with E-state index in [0.717, 1.165) is 22.8 Å². The maximum absolute atomic E-state index is 4.03. The number of hydrogen-bond acceptors (Lipinski definition) is 5. The highest BCUT2D eigenvalue weighted by Gasteiger charge is 2.08. The van der Waals surface area contributed by atoms with Crippen LogP contribution in [0.4, 0.5) is 0 Å². The van der Waals surface area contributed by atoms with Crippen LogP contribution < -0.4 is 0 Å². The summed E-state index contributed by atoms with van der Waals surface area (Å²) >= 11 is 7.58. The molecule has 0 bridgehead atoms. The van der Waals surface area contributed by atoms with Crippen molar-refractivity contribution in [1.82, 2.24) is 18.9 Å². The molecule has 0 aliphatic carbocycles. The largest absolute Gasteiger partial charge is 0.170 e. The number of fused-ring (bicyclic) bond motifs is 1. The molecular weight excluding hydrogens is 296 g/mol. The lowest BCUT2D eigenvalue weighted by Crippen LogP contribution is -1.85. The zero-order valence-corrected chi connectivity index (χ0v) is 8.94. The lowest BCUT2D eigenvalue weighted by molar-refractivity contribution is 0.998. The molecular formula is C4Br2N4S. The smallest absolute Gasteiger partial charge is 0.157 e. The van der Waals surface area contributed by atoms with Crippen LogP contribution in [0, 0.1) is 0 Å². The van der Waals surface area contributed by atoms with E-state index in [0.29, 0.717) is 9.21 Å². The highest BCUT2D eigenvalue weighted by Crippen LogP contribution is 2.23. The Morgan fingerprint density at radius 1 is 0.909 bits per heavy atom. The average Bonchev–Trinajstić information content (AvgIpc) is 2.45. The highest BCUT2D eigenvalue weighted by atomic mass is 79.9. The lowest BCUT2D eigenvalue weighted by Gasteiger charge is -1.89. The predicted molar refractivity (Wildman–Crippen MR) is 48.4 cm³/mol. The van der Waals surface area contributed by atoms with Gasteiger partial charge in [-0.15, -0.1) is 10.2 Å². The van der Waals surface area contributed by atoms with Gasteiger partial charge in [0.1, 0.15) is 11.0 Å². The van der Waals surface area contributed by atoms with Crippen molar-refractivity contribution in [3.63, 3.8) is 0 Å². The van der Waals surface area contributed by atoms with E-state index >= 15 is 0 Å². The summed E-state index contributed by atoms with van der Waals surface area (Å²) in [4.78, 5) is 0. The van der Waals surface area contributed by atoms with E-state index in [9.17, 15) is 0 Å². The maximum atomic E-state index is 4.03. The van der Waals surface area contributed by atoms with Crippen LogP contribution in [0.25, 0.3) is 11.0 Å². The average molecular weight is 296 g/mol. The van der Waals surface area contributed by atoms with Crippen LogP contribution >= 0.6 is 43.6 Å². The Balaban J connectivity index is 2.96. The van der Waals surface area contributed by atoms with Gasteiger partial charge in [-0.1, -0.05) is 0 Å². The molecule has 2 aromatic heterocycles. The molecule has 56 valence electrons. The fourth-order valence-corrected chi connectivity index (χ4v) is 2.14. The fourth-order valence-electron chi connectivity index (χ4n) is 0.642. The van der Waals surface area contributed by atoms with Gasteiger partial charge in [-0.05, 0) is 31.9 Å². The van der Waals surface area contributed by atoms with Crippen molar-refractivity contribution in [3.05, 3.63) is 9.21 Å². The number of halogens is 2. The second-order valence-corrected chi connectivity index (χ2v) is 3.77. The Morgan fingerprint density at radius 3 is 1.82 bits per heavy atom. The molecule has 0 aliphatic heterocycles. The van der Waals surface area contributed by atoms with Crippen molar-refractivity contribution in [2.24, 2.45) is 0 Å². The first kappa shape index (κ1) is 7.51. The van der Waals surface area contributed by atoms with E-state index < -0.39 is 0 Å². The van der Waals surface area contributed by atoms with Crippen LogP contribution in [0.5, 0.6) is 0 Å². The summed E-state index contributed by atoms with van der Waals surface area (Å²) in [6.07, 6.45) is 0. The summed E-state index contributed by atoms with van der Waals surface area (Å²) in [5.41, 5.74) is 1.49. The maximum Gasteiger partial charge on any atom is 0.157 e. The molecule has 11 heavy (non-hydrogen) atoms. The summed E-state index contributed by atoms with van der Waals surface area (Å²) in [5.74, 6) is 0. The van der Waals surface area contributed by atoms with Gasteiger partial charge in [0.25, 0.3) is 0 Å². The molecule has 0 radical (unpaired) electrons. The second kappa shape index (κ2) is 2.72. The minimum absolute atomic E-state index is 0.629. The van der Waals surface area contributed by atoms with Gasteiger partial charge in [0.05, 0.1) is 11.7 Å². The Morgan fingerprint density at radius 2 is 1.36 bits per heavy atom. The Kier molecular flexibility index (Phi) is 1.86. The molecule has 0 aromatic carbocycles. The molecule has 0 unspecified atom stereocenters. The van der Waals surface area contributed by atoms with Gasteiger partial charge in [0, 0.05) is 0 Å². The van der Waals surface area contributed by atoms with E-state index in [4.69, 9.17) is 0 Å². The molecule has 0 aliphatic rings. The zero-order chi connectivity index (χ0) is 7.84. The van der Waals surface area contributed by atoms with Crippen LogP contribution in [0.3, 0.4) is 0 Å². The number of aromatic nitrogens is 4. The van der Waals surface area contributed by atoms with Crippen LogP contribution in [0.15, 0.2) is 9.21 Å². The van der Waals surface area contributed by atoms with Gasteiger partial charge in [0.15, 0.2) is 9.21 Å². The molecule has 2 aromatic rings. The first-order chi connectivity index (χ1) is 5.29. The standard InChI is InChI=1S/C4Br2N4S/c5-3-1-2(10-11-9-1)4(6)8-7-3. The van der Waals surface area contributed by atoms with Gasteiger partial charge < -0.3 is 0 Å². The summed E-state index contributed by atoms with van der Waals surface area (Å²) in [6.45, 7) is 0. The Labute approximate surface area is 82.6 Å². The fraction of sp³-hybridized carbons (Fsp3) is 0. The first-order valence-corrected chi connectivity index (χ1v) is 4.90. The summed E-state index contributed by atoms with van der Waals surface area (Å²) in [5, 5.41) is 7.61. The van der Waals surface area contributed by atoms with Gasteiger partial charge in [-0.3, -0.25) is 0 Å². The molecule has 4 nitrogen and oxygen atoms in total. The summed E-state index contributed by atoms with van der Waals surface area (Å²) < 4.78 is 9.32. The van der Waals surface area contributed by atoms with E-state index in [1.165, 1.54) is 0 Å². The topological polar surface area (TPSA) is 51.6 Å². The van der Waals surface area contributed by atoms with Crippen molar-refractivity contribution < 1.29 is 0 Å². The van der Waals surface area contributed by atoms with Crippen LogP contribution in [-0.2, 0) is 0 Å². The Hall–Kier alpha value is -0.140. The normalized spacial score (nSPS) is 10.7. The molecule has 0 spiro atoms. The van der Waals surface area contributed by atoms with Crippen LogP contribution in [0.1, 0.15) is 0 Å². The lowest BCUT2D eigenvalue weighted by atomic mass is 10.5. The van der Waals surface area contributed by atoms with Crippen molar-refractivity contribution in [2.75, 3.05) is 0 Å². The third-order valence-corrected chi connectivity index (χ3v) is 2.70. The molecule has 2 rings (SSSR count). The third kappa shape index (κ3) is 1.17. The molecule has 0 N–H and O–H groups in total. The van der Waals surface area contributed by atoms with E-state index in [-0.39, 0.29) is 0 Å². The zero-order valence-electron chi connectivity index (χ0n) is 4.95. The quantitative estimate of drug-likeness (QED) is 0.746. The second-order valence-electron chi connectivity index (χ2n) is 1.74. The monoisotopic (exact) mass is 294 g/mol. The van der Waals surface area contributed by atoms with Crippen LogP contribution in [0.2, 0.25) is 0 Å². The first-order valence-electron chi connectivity index (χ1n) is 2.59. The molecule has 7 heteroatoms. The summed E-state index contributed by atoms with van der Waals surface area (Å²) in [6, 6.07) is 0. The van der Waals surface area contributed by atoms with Crippen molar-refractivity contribution >= 4 is 54.6 Å². The van der Waals surface area contributed by atoms with Gasteiger partial charge in [-0.2, -0.15) is 8.75 Å². The number of hydrogen-bond donors (Lipinski definition) is 0. The molecule has 0 atom stereocenters. The SMILES string of the molecule is Brc1nnc(Br)c2nsnc12. The van der Waals surface area contributed by atoms with E-state index in [1.807, 2.05) is 0 Å².